The van der Waals surface area contributed by atoms with Crippen molar-refractivity contribution in [3.05, 3.63) is 80.8 Å². The van der Waals surface area contributed by atoms with Gasteiger partial charge in [-0.05, 0) is 0 Å². The van der Waals surface area contributed by atoms with Gasteiger partial charge in [0.05, 0.1) is 0 Å². The van der Waals surface area contributed by atoms with Crippen LogP contribution in [0.2, 0.25) is 0 Å². The molecule has 0 aromatic heterocycles. The Morgan fingerprint density at radius 1 is 0.794 bits per heavy atom. The van der Waals surface area contributed by atoms with Crippen LogP contribution in [0.25, 0.3) is 11.1 Å². The summed E-state index contributed by atoms with van der Waals surface area (Å²) < 4.78 is 4.19. The molecule has 2 aromatic rings. The van der Waals surface area contributed by atoms with E-state index in [1.165, 1.54) is 35.1 Å². The van der Waals surface area contributed by atoms with Crippen molar-refractivity contribution < 1.29 is 42.2 Å². The fourth-order valence-corrected chi connectivity index (χ4v) is 11.2. The van der Waals surface area contributed by atoms with Gasteiger partial charge < -0.3 is 24.8 Å². The monoisotopic (exact) mass is 530 g/mol. The SMILES string of the molecule is CC[C](CC)=[Ti+2]([C]1=CC=CC1)[CH]1c2cc(C(C)(C)C)ccc2-c2ccc(C(C)(C)C)cc21.[Cl-].[Cl-]. The van der Waals surface area contributed by atoms with Crippen molar-refractivity contribution in [1.29, 1.82) is 0 Å². The average molecular weight is 531 g/mol. The van der Waals surface area contributed by atoms with E-state index in [0.717, 1.165) is 6.42 Å². The molecule has 0 amide bonds. The van der Waals surface area contributed by atoms with Crippen LogP contribution in [0.15, 0.2) is 58.5 Å². The standard InChI is InChI=1S/C21H25.C5H5.C5H10.2ClH.Ti/c1-20(2,3)16-7-9-18-14(12-16)11-15-13-17(21(4,5)6)8-10-19(15)18;1-2-4-5-3-1;1-3-5-4-2;;;/h7-13H,1-6H3;1-3H,4H2;3-4H2,1-2H3;2*1H;/q;;;;;+2/p-2. The normalized spacial score (nSPS) is 14.4. The maximum absolute atomic E-state index is 2.58. The minimum absolute atomic E-state index is 0. The molecule has 0 saturated heterocycles. The average Bonchev–Trinajstić information content (AvgIpc) is 3.36. The van der Waals surface area contributed by atoms with E-state index in [1.54, 1.807) is 15.0 Å². The smallest absolute Gasteiger partial charge is 1.00 e. The molecular formula is C31H40Cl2Ti. The first kappa shape index (κ1) is 29.3. The maximum atomic E-state index is 2.58. The third-order valence-corrected chi connectivity index (χ3v) is 13.2. The van der Waals surface area contributed by atoms with Gasteiger partial charge in [-0.15, -0.1) is 0 Å². The minimum atomic E-state index is -1.73. The van der Waals surface area contributed by atoms with Gasteiger partial charge >= 0.3 is 203 Å². The number of allylic oxidation sites excluding steroid dienone is 4. The molecule has 0 nitrogen and oxygen atoms in total. The second kappa shape index (κ2) is 11.0. The molecule has 2 aliphatic rings. The minimum Gasteiger partial charge on any atom is -1.00 e. The molecular weight excluding hydrogens is 491 g/mol. The molecule has 0 radical (unpaired) electrons. The molecule has 0 unspecified atom stereocenters. The first-order chi connectivity index (χ1) is 15.1. The van der Waals surface area contributed by atoms with E-state index in [-0.39, 0.29) is 35.6 Å². The van der Waals surface area contributed by atoms with E-state index in [2.05, 4.69) is 110 Å². The van der Waals surface area contributed by atoms with Crippen molar-refractivity contribution in [3.8, 4) is 11.1 Å². The van der Waals surface area contributed by atoms with Crippen molar-refractivity contribution in [1.82, 2.24) is 0 Å². The molecule has 3 heteroatoms. The second-order valence-corrected chi connectivity index (χ2v) is 15.9. The molecule has 0 aliphatic heterocycles. The summed E-state index contributed by atoms with van der Waals surface area (Å²) in [6.45, 7) is 18.9. The fourth-order valence-electron chi connectivity index (χ4n) is 5.40. The third kappa shape index (κ3) is 5.41. The summed E-state index contributed by atoms with van der Waals surface area (Å²) in [4.78, 5) is 0. The van der Waals surface area contributed by atoms with Gasteiger partial charge in [0.2, 0.25) is 0 Å². The number of fused-ring (bicyclic) bond motifs is 3. The van der Waals surface area contributed by atoms with Crippen molar-refractivity contribution in [2.24, 2.45) is 0 Å². The molecule has 0 spiro atoms. The van der Waals surface area contributed by atoms with E-state index in [4.69, 9.17) is 0 Å². The molecule has 0 atom stereocenters. The van der Waals surface area contributed by atoms with Crippen LogP contribution < -0.4 is 24.8 Å². The van der Waals surface area contributed by atoms with Gasteiger partial charge in [-0.25, -0.2) is 0 Å². The van der Waals surface area contributed by atoms with Crippen LogP contribution >= 0.6 is 0 Å². The Kier molecular flexibility index (Phi) is 9.49. The fraction of sp³-hybridized carbons (Fsp3) is 0.452. The third-order valence-electron chi connectivity index (χ3n) is 7.39. The zero-order valence-electron chi connectivity index (χ0n) is 22.2. The number of benzene rings is 2. The van der Waals surface area contributed by atoms with Crippen molar-refractivity contribution >= 4 is 3.81 Å². The first-order valence-electron chi connectivity index (χ1n) is 12.4. The molecule has 0 saturated carbocycles. The summed E-state index contributed by atoms with van der Waals surface area (Å²) in [6.07, 6.45) is 10.8. The molecule has 0 bridgehead atoms. The van der Waals surface area contributed by atoms with Gasteiger partial charge in [-0.2, -0.15) is 0 Å². The summed E-state index contributed by atoms with van der Waals surface area (Å²) in [5.74, 6) is 0. The van der Waals surface area contributed by atoms with E-state index in [9.17, 15) is 0 Å². The molecule has 0 N–H and O–H groups in total. The number of halogens is 2. The Morgan fingerprint density at radius 2 is 1.26 bits per heavy atom. The molecule has 0 heterocycles. The van der Waals surface area contributed by atoms with Gasteiger partial charge in [0.15, 0.2) is 0 Å². The zero-order chi connectivity index (χ0) is 23.3. The Bertz CT molecular complexity index is 1070. The summed E-state index contributed by atoms with van der Waals surface area (Å²) in [5, 5.41) is 0. The summed E-state index contributed by atoms with van der Waals surface area (Å²) in [5.41, 5.74) is 9.47. The van der Waals surface area contributed by atoms with Gasteiger partial charge in [-0.1, -0.05) is 0 Å². The number of rotatable bonds is 4. The molecule has 182 valence electrons. The van der Waals surface area contributed by atoms with E-state index < -0.39 is 17.4 Å². The van der Waals surface area contributed by atoms with Gasteiger partial charge in [-0.3, -0.25) is 0 Å². The van der Waals surface area contributed by atoms with Crippen LogP contribution in [0.1, 0.15) is 101 Å². The summed E-state index contributed by atoms with van der Waals surface area (Å²) >= 11 is -1.73. The Labute approximate surface area is 226 Å². The Morgan fingerprint density at radius 3 is 1.62 bits per heavy atom. The van der Waals surface area contributed by atoms with Gasteiger partial charge in [0.1, 0.15) is 0 Å². The van der Waals surface area contributed by atoms with Crippen LogP contribution in [0.5, 0.6) is 0 Å². The predicted molar refractivity (Wildman–Crippen MR) is 139 cm³/mol. The van der Waals surface area contributed by atoms with Gasteiger partial charge in [0.25, 0.3) is 0 Å². The van der Waals surface area contributed by atoms with E-state index in [0.29, 0.717) is 4.22 Å². The number of hydrogen-bond donors (Lipinski definition) is 0. The van der Waals surface area contributed by atoms with E-state index >= 15 is 0 Å². The predicted octanol–water partition coefficient (Wildman–Crippen LogP) is 2.81. The second-order valence-electron chi connectivity index (χ2n) is 11.6. The van der Waals surface area contributed by atoms with Crippen molar-refractivity contribution in [3.63, 3.8) is 0 Å². The topological polar surface area (TPSA) is 0 Å². The van der Waals surface area contributed by atoms with Crippen LogP contribution in [-0.4, -0.2) is 3.81 Å². The zero-order valence-corrected chi connectivity index (χ0v) is 25.2. The molecule has 34 heavy (non-hydrogen) atoms. The van der Waals surface area contributed by atoms with Gasteiger partial charge in [0, 0.05) is 0 Å². The van der Waals surface area contributed by atoms with Crippen LogP contribution in [0.3, 0.4) is 0 Å². The van der Waals surface area contributed by atoms with Crippen molar-refractivity contribution in [2.45, 2.75) is 89.7 Å². The largest absolute Gasteiger partial charge is 1.00 e. The van der Waals surface area contributed by atoms with Crippen LogP contribution in [-0.2, 0) is 28.2 Å². The Hall–Kier alpha value is -0.916. The van der Waals surface area contributed by atoms with E-state index in [1.807, 2.05) is 3.81 Å². The summed E-state index contributed by atoms with van der Waals surface area (Å²) in [6, 6.07) is 14.8. The first-order valence-corrected chi connectivity index (χ1v) is 14.9. The molecule has 2 aromatic carbocycles. The molecule has 2 aliphatic carbocycles. The summed E-state index contributed by atoms with van der Waals surface area (Å²) in [7, 11) is 0. The quantitative estimate of drug-likeness (QED) is 0.533. The van der Waals surface area contributed by atoms with Crippen molar-refractivity contribution in [2.75, 3.05) is 0 Å². The van der Waals surface area contributed by atoms with Crippen LogP contribution in [0.4, 0.5) is 0 Å². The van der Waals surface area contributed by atoms with Crippen LogP contribution in [0, 0.1) is 0 Å². The molecule has 4 rings (SSSR count). The molecule has 0 fully saturated rings. The number of hydrogen-bond acceptors (Lipinski definition) is 0. The Balaban J connectivity index is 0.00000204. The maximum Gasteiger partial charge on any atom is -1.00 e.